The van der Waals surface area contributed by atoms with Crippen molar-refractivity contribution in [2.75, 3.05) is 13.6 Å². The zero-order valence-corrected chi connectivity index (χ0v) is 14.0. The van der Waals surface area contributed by atoms with E-state index in [4.69, 9.17) is 0 Å². The number of aryl methyl sites for hydroxylation is 1. The van der Waals surface area contributed by atoms with Crippen molar-refractivity contribution in [2.45, 2.75) is 53.5 Å². The van der Waals surface area contributed by atoms with Crippen molar-refractivity contribution in [3.05, 3.63) is 23.0 Å². The lowest BCUT2D eigenvalue weighted by atomic mass is 9.76. The van der Waals surface area contributed by atoms with Gasteiger partial charge in [0, 0.05) is 37.0 Å². The summed E-state index contributed by atoms with van der Waals surface area (Å²) in [5.41, 5.74) is 2.80. The molecule has 0 aromatic carbocycles. The molecule has 1 aromatic rings. The van der Waals surface area contributed by atoms with E-state index in [1.807, 2.05) is 33.9 Å². The third-order valence-electron chi connectivity index (χ3n) is 4.52. The van der Waals surface area contributed by atoms with E-state index in [1.54, 1.807) is 4.90 Å². The minimum Gasteiger partial charge on any atom is -0.344 e. The number of rotatable bonds is 3. The summed E-state index contributed by atoms with van der Waals surface area (Å²) in [6, 6.07) is 1.68. The molecule has 1 amide bonds. The number of nitrogens with zero attached hydrogens (tertiary/aromatic N) is 2. The lowest BCUT2D eigenvalue weighted by Gasteiger charge is -2.31. The van der Waals surface area contributed by atoms with Crippen molar-refractivity contribution in [2.24, 2.45) is 5.41 Å². The van der Waals surface area contributed by atoms with Gasteiger partial charge in [-0.15, -0.1) is 0 Å². The molecule has 1 aliphatic carbocycles. The van der Waals surface area contributed by atoms with Crippen molar-refractivity contribution in [3.8, 4) is 0 Å². The molecule has 1 aliphatic rings. The lowest BCUT2D eigenvalue weighted by Crippen LogP contribution is -2.35. The molecule has 1 heterocycles. The second kappa shape index (κ2) is 5.32. The third kappa shape index (κ3) is 2.76. The van der Waals surface area contributed by atoms with Crippen molar-refractivity contribution in [1.82, 2.24) is 9.47 Å². The standard InChI is InChI=1S/C17H26N2O2/c1-7-18(6)16(21)12(3)19-11(2)8-13-14(19)9-17(4,5)10-15(13)20/h8,12H,7,9-10H2,1-6H3. The van der Waals surface area contributed by atoms with Gasteiger partial charge in [0.15, 0.2) is 5.78 Å². The van der Waals surface area contributed by atoms with Crippen LogP contribution in [0.1, 0.15) is 61.9 Å². The SMILES string of the molecule is CCN(C)C(=O)C(C)n1c(C)cc2c1CC(C)(C)CC2=O. The highest BCUT2D eigenvalue weighted by atomic mass is 16.2. The number of fused-ring (bicyclic) bond motifs is 1. The van der Waals surface area contributed by atoms with Crippen LogP contribution in [0.5, 0.6) is 0 Å². The Balaban J connectivity index is 2.47. The van der Waals surface area contributed by atoms with E-state index in [2.05, 4.69) is 18.4 Å². The van der Waals surface area contributed by atoms with Crippen LogP contribution in [0.25, 0.3) is 0 Å². The van der Waals surface area contributed by atoms with Crippen LogP contribution in [0.3, 0.4) is 0 Å². The highest BCUT2D eigenvalue weighted by Crippen LogP contribution is 2.37. The minimum atomic E-state index is -0.264. The molecule has 4 nitrogen and oxygen atoms in total. The van der Waals surface area contributed by atoms with Gasteiger partial charge in [0.2, 0.25) is 5.91 Å². The summed E-state index contributed by atoms with van der Waals surface area (Å²) < 4.78 is 2.06. The predicted octanol–water partition coefficient (Wildman–Crippen LogP) is 2.99. The van der Waals surface area contributed by atoms with Crippen LogP contribution in [0, 0.1) is 12.3 Å². The van der Waals surface area contributed by atoms with E-state index in [-0.39, 0.29) is 23.1 Å². The van der Waals surface area contributed by atoms with Crippen molar-refractivity contribution < 1.29 is 9.59 Å². The Morgan fingerprint density at radius 2 is 2.05 bits per heavy atom. The summed E-state index contributed by atoms with van der Waals surface area (Å²) in [7, 11) is 1.82. The molecule has 0 bridgehead atoms. The molecule has 1 unspecified atom stereocenters. The molecule has 0 aliphatic heterocycles. The van der Waals surface area contributed by atoms with Crippen LogP contribution in [0.15, 0.2) is 6.07 Å². The Morgan fingerprint density at radius 3 is 2.62 bits per heavy atom. The van der Waals surface area contributed by atoms with Gasteiger partial charge < -0.3 is 9.47 Å². The Hall–Kier alpha value is -1.58. The Labute approximate surface area is 127 Å². The number of hydrogen-bond acceptors (Lipinski definition) is 2. The largest absolute Gasteiger partial charge is 0.344 e. The van der Waals surface area contributed by atoms with Gasteiger partial charge in [-0.3, -0.25) is 9.59 Å². The first kappa shape index (κ1) is 15.8. The van der Waals surface area contributed by atoms with Gasteiger partial charge in [-0.1, -0.05) is 13.8 Å². The summed E-state index contributed by atoms with van der Waals surface area (Å²) in [4.78, 5) is 26.5. The van der Waals surface area contributed by atoms with Crippen LogP contribution in [0.4, 0.5) is 0 Å². The van der Waals surface area contributed by atoms with Gasteiger partial charge in [0.05, 0.1) is 0 Å². The Morgan fingerprint density at radius 1 is 1.43 bits per heavy atom. The number of aromatic nitrogens is 1. The van der Waals surface area contributed by atoms with Gasteiger partial charge in [-0.05, 0) is 38.7 Å². The van der Waals surface area contributed by atoms with E-state index in [1.165, 1.54) is 0 Å². The smallest absolute Gasteiger partial charge is 0.245 e. The van der Waals surface area contributed by atoms with Gasteiger partial charge in [0.1, 0.15) is 6.04 Å². The van der Waals surface area contributed by atoms with E-state index >= 15 is 0 Å². The maximum absolute atomic E-state index is 12.5. The molecule has 0 saturated heterocycles. The fourth-order valence-corrected chi connectivity index (χ4v) is 3.30. The van der Waals surface area contributed by atoms with E-state index < -0.39 is 0 Å². The summed E-state index contributed by atoms with van der Waals surface area (Å²) in [5, 5.41) is 0. The molecular formula is C17H26N2O2. The normalized spacial score (nSPS) is 18.3. The summed E-state index contributed by atoms with van der Waals surface area (Å²) in [6.45, 7) is 10.8. The first-order valence-electron chi connectivity index (χ1n) is 7.67. The van der Waals surface area contributed by atoms with Gasteiger partial charge >= 0.3 is 0 Å². The van der Waals surface area contributed by atoms with E-state index in [0.717, 1.165) is 23.4 Å². The Kier molecular flexibility index (Phi) is 4.00. The average molecular weight is 290 g/mol. The molecule has 0 N–H and O–H groups in total. The second-order valence-electron chi connectivity index (χ2n) is 6.99. The summed E-state index contributed by atoms with van der Waals surface area (Å²) in [5.74, 6) is 0.293. The molecule has 4 heteroatoms. The number of amides is 1. The molecule has 0 saturated carbocycles. The van der Waals surface area contributed by atoms with Gasteiger partial charge in [-0.25, -0.2) is 0 Å². The van der Waals surface area contributed by atoms with E-state index in [9.17, 15) is 9.59 Å². The maximum atomic E-state index is 12.5. The fraction of sp³-hybridized carbons (Fsp3) is 0.647. The second-order valence-corrected chi connectivity index (χ2v) is 6.99. The number of ketones is 1. The zero-order chi connectivity index (χ0) is 15.9. The summed E-state index contributed by atoms with van der Waals surface area (Å²) in [6.07, 6.45) is 1.43. The van der Waals surface area contributed by atoms with Crippen LogP contribution in [-0.2, 0) is 11.2 Å². The van der Waals surface area contributed by atoms with Gasteiger partial charge in [0.25, 0.3) is 0 Å². The quantitative estimate of drug-likeness (QED) is 0.859. The number of likely N-dealkylation sites (N-methyl/N-ethyl adjacent to an activating group) is 1. The molecule has 0 fully saturated rings. The van der Waals surface area contributed by atoms with Crippen LogP contribution < -0.4 is 0 Å². The van der Waals surface area contributed by atoms with Crippen LogP contribution in [0.2, 0.25) is 0 Å². The highest BCUT2D eigenvalue weighted by Gasteiger charge is 2.35. The van der Waals surface area contributed by atoms with E-state index in [0.29, 0.717) is 13.0 Å². The molecule has 116 valence electrons. The first-order valence-corrected chi connectivity index (χ1v) is 7.67. The van der Waals surface area contributed by atoms with Gasteiger partial charge in [-0.2, -0.15) is 0 Å². The molecular weight excluding hydrogens is 264 g/mol. The molecule has 2 rings (SSSR count). The summed E-state index contributed by atoms with van der Waals surface area (Å²) >= 11 is 0. The molecule has 1 aromatic heterocycles. The predicted molar refractivity (Wildman–Crippen MR) is 83.6 cm³/mol. The lowest BCUT2D eigenvalue weighted by molar-refractivity contribution is -0.132. The first-order chi connectivity index (χ1) is 9.68. The molecule has 0 spiro atoms. The maximum Gasteiger partial charge on any atom is 0.245 e. The fourth-order valence-electron chi connectivity index (χ4n) is 3.30. The average Bonchev–Trinajstić information content (AvgIpc) is 2.71. The number of carbonyl (C=O) groups is 2. The molecule has 1 atom stereocenters. The monoisotopic (exact) mass is 290 g/mol. The van der Waals surface area contributed by atoms with Crippen LogP contribution >= 0.6 is 0 Å². The molecule has 21 heavy (non-hydrogen) atoms. The van der Waals surface area contributed by atoms with Crippen molar-refractivity contribution >= 4 is 11.7 Å². The molecule has 0 radical (unpaired) electrons. The minimum absolute atomic E-state index is 0.0357. The highest BCUT2D eigenvalue weighted by molar-refractivity contribution is 5.99. The number of carbonyl (C=O) groups excluding carboxylic acids is 2. The topological polar surface area (TPSA) is 42.3 Å². The number of Topliss-reactive ketones (excluding diaryl/α,β-unsaturated/α-hetero) is 1. The zero-order valence-electron chi connectivity index (χ0n) is 14.0. The van der Waals surface area contributed by atoms with Crippen molar-refractivity contribution in [3.63, 3.8) is 0 Å². The number of hydrogen-bond donors (Lipinski definition) is 0. The third-order valence-corrected chi connectivity index (χ3v) is 4.52. The van der Waals surface area contributed by atoms with Crippen molar-refractivity contribution in [1.29, 1.82) is 0 Å². The van der Waals surface area contributed by atoms with Crippen LogP contribution in [-0.4, -0.2) is 34.7 Å². The Bertz CT molecular complexity index is 584.